The molecule has 0 spiro atoms. The molecule has 2 nitrogen and oxygen atoms in total. The van der Waals surface area contributed by atoms with Crippen molar-refractivity contribution in [1.29, 1.82) is 0 Å². The maximum Gasteiger partial charge on any atom is 0.218 e. The lowest BCUT2D eigenvalue weighted by Crippen LogP contribution is -2.10. The molecule has 0 atom stereocenters. The smallest absolute Gasteiger partial charge is 0.218 e. The molecule has 0 aliphatic carbocycles. The largest absolute Gasteiger partial charge is 0.370 e. The van der Waals surface area contributed by atoms with Gasteiger partial charge in [-0.2, -0.15) is 0 Å². The van der Waals surface area contributed by atoms with Gasteiger partial charge in [0, 0.05) is 6.42 Å². The van der Waals surface area contributed by atoms with Crippen LogP contribution in [0.15, 0.2) is 54.6 Å². The van der Waals surface area contributed by atoms with Crippen LogP contribution in [0.2, 0.25) is 0 Å². The van der Waals surface area contributed by atoms with Crippen LogP contribution in [0.3, 0.4) is 0 Å². The normalized spacial score (nSPS) is 10.1. The molecule has 0 aliphatic heterocycles. The van der Waals surface area contributed by atoms with Crippen molar-refractivity contribution in [3.8, 4) is 11.1 Å². The van der Waals surface area contributed by atoms with Gasteiger partial charge in [-0.05, 0) is 23.1 Å². The zero-order chi connectivity index (χ0) is 12.1. The molecule has 2 rings (SSSR count). The van der Waals surface area contributed by atoms with Gasteiger partial charge in [-0.15, -0.1) is 0 Å². The summed E-state index contributed by atoms with van der Waals surface area (Å²) in [5, 5.41) is 0. The molecule has 2 N–H and O–H groups in total. The first-order valence-electron chi connectivity index (χ1n) is 5.53. The number of benzene rings is 2. The van der Waals surface area contributed by atoms with Crippen molar-refractivity contribution in [3.63, 3.8) is 0 Å². The summed E-state index contributed by atoms with van der Waals surface area (Å²) in [6, 6.07) is 18.2. The molecule has 0 saturated heterocycles. The van der Waals surface area contributed by atoms with Gasteiger partial charge in [0.1, 0.15) is 0 Å². The number of rotatable bonds is 4. The Bertz CT molecular complexity index is 505. The van der Waals surface area contributed by atoms with Crippen molar-refractivity contribution in [2.45, 2.75) is 6.42 Å². The number of carbonyl (C=O) groups is 1. The molecule has 0 aromatic heterocycles. The Balaban J connectivity index is 2.20. The average Bonchev–Trinajstić information content (AvgIpc) is 2.38. The van der Waals surface area contributed by atoms with Crippen LogP contribution in [-0.2, 0) is 4.79 Å². The molecular weight excluding hydrogens is 210 g/mol. The summed E-state index contributed by atoms with van der Waals surface area (Å²) in [5.74, 6) is -0.310. The van der Waals surface area contributed by atoms with E-state index in [4.69, 9.17) is 5.73 Å². The second-order valence-electron chi connectivity index (χ2n) is 3.87. The number of nitrogens with two attached hydrogens (primary N) is 1. The van der Waals surface area contributed by atoms with Crippen molar-refractivity contribution >= 4 is 5.91 Å². The molecule has 1 radical (unpaired) electrons. The molecule has 2 aromatic rings. The fourth-order valence-corrected chi connectivity index (χ4v) is 1.69. The summed E-state index contributed by atoms with van der Waals surface area (Å²) in [6.07, 6.45) is 2.12. The second-order valence-corrected chi connectivity index (χ2v) is 3.87. The van der Waals surface area contributed by atoms with Crippen molar-refractivity contribution < 1.29 is 4.79 Å². The zero-order valence-electron chi connectivity index (χ0n) is 9.47. The minimum absolute atomic E-state index is 0.276. The van der Waals surface area contributed by atoms with Crippen LogP contribution in [0, 0.1) is 6.42 Å². The van der Waals surface area contributed by atoms with Gasteiger partial charge >= 0.3 is 0 Å². The second kappa shape index (κ2) is 5.30. The van der Waals surface area contributed by atoms with Crippen LogP contribution < -0.4 is 5.73 Å². The molecule has 2 heteroatoms. The number of primary amides is 1. The van der Waals surface area contributed by atoms with Crippen LogP contribution in [0.4, 0.5) is 0 Å². The first-order valence-corrected chi connectivity index (χ1v) is 5.53. The summed E-state index contributed by atoms with van der Waals surface area (Å²) >= 11 is 0. The van der Waals surface area contributed by atoms with Crippen LogP contribution in [0.25, 0.3) is 11.1 Å². The first-order chi connectivity index (χ1) is 8.25. The van der Waals surface area contributed by atoms with Gasteiger partial charge in [-0.3, -0.25) is 4.79 Å². The van der Waals surface area contributed by atoms with Gasteiger partial charge in [0.15, 0.2) is 0 Å². The van der Waals surface area contributed by atoms with Crippen LogP contribution in [0.1, 0.15) is 12.0 Å². The van der Waals surface area contributed by atoms with Crippen LogP contribution in [0.5, 0.6) is 0 Å². The highest BCUT2D eigenvalue weighted by Crippen LogP contribution is 2.20. The van der Waals surface area contributed by atoms with Gasteiger partial charge in [0.25, 0.3) is 0 Å². The minimum atomic E-state index is -0.310. The van der Waals surface area contributed by atoms with Gasteiger partial charge in [-0.25, -0.2) is 0 Å². The van der Waals surface area contributed by atoms with E-state index in [9.17, 15) is 4.79 Å². The third-order valence-corrected chi connectivity index (χ3v) is 2.53. The Morgan fingerprint density at radius 3 is 2.41 bits per heavy atom. The Labute approximate surface area is 101 Å². The third kappa shape index (κ3) is 3.18. The summed E-state index contributed by atoms with van der Waals surface area (Å²) in [4.78, 5) is 10.7. The monoisotopic (exact) mass is 224 g/mol. The van der Waals surface area contributed by atoms with E-state index in [0.717, 1.165) is 11.1 Å². The molecule has 1 amide bonds. The first kappa shape index (κ1) is 11.4. The molecule has 0 bridgehead atoms. The topological polar surface area (TPSA) is 43.1 Å². The third-order valence-electron chi connectivity index (χ3n) is 2.53. The summed E-state index contributed by atoms with van der Waals surface area (Å²) < 4.78 is 0. The van der Waals surface area contributed by atoms with E-state index in [1.54, 1.807) is 0 Å². The van der Waals surface area contributed by atoms with Crippen molar-refractivity contribution in [1.82, 2.24) is 0 Å². The number of amides is 1. The van der Waals surface area contributed by atoms with Gasteiger partial charge in [0.05, 0.1) is 0 Å². The van der Waals surface area contributed by atoms with Gasteiger partial charge in [0.2, 0.25) is 5.91 Å². The predicted octanol–water partition coefficient (Wildman–Crippen LogP) is 2.78. The van der Waals surface area contributed by atoms with E-state index in [2.05, 4.69) is 24.3 Å². The molecular formula is C15H14NO. The van der Waals surface area contributed by atoms with Crippen LogP contribution >= 0.6 is 0 Å². The Morgan fingerprint density at radius 2 is 1.71 bits per heavy atom. The minimum Gasteiger partial charge on any atom is -0.370 e. The highest BCUT2D eigenvalue weighted by Gasteiger charge is 2.01. The Kier molecular flexibility index (Phi) is 3.55. The number of hydrogen-bond acceptors (Lipinski definition) is 1. The van der Waals surface area contributed by atoms with E-state index in [0.29, 0.717) is 0 Å². The molecule has 0 fully saturated rings. The van der Waals surface area contributed by atoms with Crippen molar-refractivity contribution in [2.24, 2.45) is 5.73 Å². The SMILES string of the molecule is NC(=O)C[CH]c1cccc(-c2ccccc2)c1. The van der Waals surface area contributed by atoms with E-state index in [1.807, 2.05) is 36.8 Å². The lowest BCUT2D eigenvalue weighted by molar-refractivity contribution is -0.117. The maximum absolute atomic E-state index is 10.7. The highest BCUT2D eigenvalue weighted by atomic mass is 16.1. The number of hydrogen-bond donors (Lipinski definition) is 1. The molecule has 0 unspecified atom stereocenters. The lowest BCUT2D eigenvalue weighted by atomic mass is 10.0. The summed E-state index contributed by atoms with van der Waals surface area (Å²) in [7, 11) is 0. The lowest BCUT2D eigenvalue weighted by Gasteiger charge is -2.04. The fraction of sp³-hybridized carbons (Fsp3) is 0.0667. The standard InChI is InChI=1S/C15H14NO/c16-15(17)10-9-12-5-4-8-14(11-12)13-6-2-1-3-7-13/h1-9,11H,10H2,(H2,16,17). The van der Waals surface area contributed by atoms with Gasteiger partial charge < -0.3 is 5.73 Å². The Hall–Kier alpha value is -2.09. The molecule has 85 valence electrons. The average molecular weight is 224 g/mol. The molecule has 0 saturated carbocycles. The quantitative estimate of drug-likeness (QED) is 0.852. The summed E-state index contributed by atoms with van der Waals surface area (Å²) in [6.45, 7) is 0. The van der Waals surface area contributed by atoms with E-state index in [-0.39, 0.29) is 12.3 Å². The molecule has 0 heterocycles. The Morgan fingerprint density at radius 1 is 1.00 bits per heavy atom. The van der Waals surface area contributed by atoms with Crippen molar-refractivity contribution in [3.05, 3.63) is 66.6 Å². The zero-order valence-corrected chi connectivity index (χ0v) is 9.47. The van der Waals surface area contributed by atoms with Crippen molar-refractivity contribution in [2.75, 3.05) is 0 Å². The highest BCUT2D eigenvalue weighted by molar-refractivity contribution is 5.76. The van der Waals surface area contributed by atoms with E-state index in [1.165, 1.54) is 5.56 Å². The fourth-order valence-electron chi connectivity index (χ4n) is 1.69. The van der Waals surface area contributed by atoms with Gasteiger partial charge in [-0.1, -0.05) is 54.6 Å². The van der Waals surface area contributed by atoms with Crippen LogP contribution in [-0.4, -0.2) is 5.91 Å². The molecule has 2 aromatic carbocycles. The summed E-state index contributed by atoms with van der Waals surface area (Å²) in [5.41, 5.74) is 8.45. The van der Waals surface area contributed by atoms with E-state index < -0.39 is 0 Å². The number of carbonyl (C=O) groups excluding carboxylic acids is 1. The van der Waals surface area contributed by atoms with E-state index >= 15 is 0 Å². The molecule has 17 heavy (non-hydrogen) atoms. The molecule has 0 aliphatic rings. The predicted molar refractivity (Wildman–Crippen MR) is 69.1 cm³/mol. The maximum atomic E-state index is 10.7.